The third-order valence-corrected chi connectivity index (χ3v) is 6.45. The van der Waals surface area contributed by atoms with Crippen molar-refractivity contribution in [3.8, 4) is 11.5 Å². The number of rotatable bonds is 8. The summed E-state index contributed by atoms with van der Waals surface area (Å²) in [4.78, 5) is 12.5. The topological polar surface area (TPSA) is 84.9 Å². The van der Waals surface area contributed by atoms with Crippen LogP contribution in [0.4, 0.5) is 5.69 Å². The van der Waals surface area contributed by atoms with Gasteiger partial charge < -0.3 is 14.8 Å². The second kappa shape index (κ2) is 9.60. The molecular weight excluding hydrogens is 416 g/mol. The highest BCUT2D eigenvalue weighted by Crippen LogP contribution is 2.34. The highest BCUT2D eigenvalue weighted by molar-refractivity contribution is 7.92. The lowest BCUT2D eigenvalue weighted by Crippen LogP contribution is -2.32. The Morgan fingerprint density at radius 2 is 1.81 bits per heavy atom. The van der Waals surface area contributed by atoms with Gasteiger partial charge in [0.1, 0.15) is 13.2 Å². The zero-order valence-electron chi connectivity index (χ0n) is 18.5. The number of hydrogen-bond donors (Lipinski definition) is 1. The van der Waals surface area contributed by atoms with Crippen LogP contribution in [0.25, 0.3) is 0 Å². The normalized spacial score (nSPS) is 14.1. The average molecular weight is 447 g/mol. The first kappa shape index (κ1) is 22.9. The Bertz CT molecular complexity index is 1050. The quantitative estimate of drug-likeness (QED) is 0.671. The van der Waals surface area contributed by atoms with Crippen LogP contribution in [-0.4, -0.2) is 40.3 Å². The van der Waals surface area contributed by atoms with Gasteiger partial charge in [-0.25, -0.2) is 8.42 Å². The van der Waals surface area contributed by atoms with Crippen LogP contribution in [0.3, 0.4) is 0 Å². The third-order valence-electron chi connectivity index (χ3n) is 5.26. The van der Waals surface area contributed by atoms with Crippen molar-refractivity contribution in [2.75, 3.05) is 30.3 Å². The number of aryl methyl sites for hydroxylation is 2. The first-order valence-electron chi connectivity index (χ1n) is 10.4. The maximum absolute atomic E-state index is 12.5. The number of benzene rings is 2. The van der Waals surface area contributed by atoms with Gasteiger partial charge in [0.2, 0.25) is 15.9 Å². The summed E-state index contributed by atoms with van der Waals surface area (Å²) in [5.74, 6) is 1.02. The van der Waals surface area contributed by atoms with Crippen LogP contribution in [0.5, 0.6) is 11.5 Å². The maximum atomic E-state index is 12.5. The number of sulfonamides is 1. The molecule has 168 valence electrons. The number of hydrogen-bond acceptors (Lipinski definition) is 5. The number of nitrogens with zero attached hydrogens (tertiary/aromatic N) is 1. The summed E-state index contributed by atoms with van der Waals surface area (Å²) < 4.78 is 37.1. The molecule has 0 radical (unpaired) electrons. The Hall–Kier alpha value is -2.74. The van der Waals surface area contributed by atoms with Crippen molar-refractivity contribution >= 4 is 21.6 Å². The minimum absolute atomic E-state index is 0.107. The minimum Gasteiger partial charge on any atom is -0.486 e. The van der Waals surface area contributed by atoms with E-state index < -0.39 is 10.0 Å². The molecule has 0 saturated heterocycles. The van der Waals surface area contributed by atoms with Gasteiger partial charge in [-0.3, -0.25) is 9.10 Å². The van der Waals surface area contributed by atoms with Crippen molar-refractivity contribution in [2.45, 2.75) is 39.7 Å². The molecule has 0 saturated carbocycles. The monoisotopic (exact) mass is 446 g/mol. The molecule has 0 aliphatic carbocycles. The van der Waals surface area contributed by atoms with Crippen molar-refractivity contribution < 1.29 is 22.7 Å². The predicted octanol–water partition coefficient (Wildman–Crippen LogP) is 3.50. The zero-order chi connectivity index (χ0) is 22.6. The van der Waals surface area contributed by atoms with Crippen molar-refractivity contribution in [2.24, 2.45) is 0 Å². The van der Waals surface area contributed by atoms with E-state index in [-0.39, 0.29) is 24.9 Å². The summed E-state index contributed by atoms with van der Waals surface area (Å²) in [5.41, 5.74) is 3.85. The van der Waals surface area contributed by atoms with Gasteiger partial charge in [-0.1, -0.05) is 23.8 Å². The lowest BCUT2D eigenvalue weighted by atomic mass is 10.00. The maximum Gasteiger partial charge on any atom is 0.232 e. The fourth-order valence-electron chi connectivity index (χ4n) is 3.67. The van der Waals surface area contributed by atoms with E-state index in [0.29, 0.717) is 36.8 Å². The molecule has 1 aliphatic heterocycles. The molecule has 8 heteroatoms. The summed E-state index contributed by atoms with van der Waals surface area (Å²) in [6.45, 7) is 7.09. The van der Waals surface area contributed by atoms with Crippen molar-refractivity contribution in [1.29, 1.82) is 0 Å². The Kier molecular flexibility index (Phi) is 7.10. The lowest BCUT2D eigenvalue weighted by molar-refractivity contribution is -0.121. The van der Waals surface area contributed by atoms with Crippen LogP contribution in [-0.2, 0) is 14.8 Å². The standard InChI is InChI=1S/C23H30N2O5S/c1-16-7-8-17(2)20(14-16)18(3)24-23(26)6-5-11-25(31(4,27)28)19-9-10-21-22(15-19)30-13-12-29-21/h7-10,14-15,18H,5-6,11-13H2,1-4H3,(H,24,26)/t18-/m0/s1. The van der Waals surface area contributed by atoms with E-state index >= 15 is 0 Å². The van der Waals surface area contributed by atoms with E-state index in [1.54, 1.807) is 18.2 Å². The first-order valence-corrected chi connectivity index (χ1v) is 12.2. The molecule has 7 nitrogen and oxygen atoms in total. The molecule has 1 heterocycles. The van der Waals surface area contributed by atoms with E-state index in [1.807, 2.05) is 32.9 Å². The van der Waals surface area contributed by atoms with Gasteiger partial charge in [0.25, 0.3) is 0 Å². The highest BCUT2D eigenvalue weighted by atomic mass is 32.2. The highest BCUT2D eigenvalue weighted by Gasteiger charge is 2.21. The van der Waals surface area contributed by atoms with Gasteiger partial charge >= 0.3 is 0 Å². The number of nitrogens with one attached hydrogen (secondary N) is 1. The van der Waals surface area contributed by atoms with Gasteiger partial charge in [0.05, 0.1) is 18.0 Å². The summed E-state index contributed by atoms with van der Waals surface area (Å²) in [5, 5.41) is 3.01. The number of anilines is 1. The second-order valence-corrected chi connectivity index (χ2v) is 9.82. The van der Waals surface area contributed by atoms with E-state index in [4.69, 9.17) is 9.47 Å². The molecule has 0 unspecified atom stereocenters. The van der Waals surface area contributed by atoms with Crippen LogP contribution < -0.4 is 19.1 Å². The molecule has 31 heavy (non-hydrogen) atoms. The Morgan fingerprint density at radius 3 is 2.52 bits per heavy atom. The van der Waals surface area contributed by atoms with Gasteiger partial charge in [0.15, 0.2) is 11.5 Å². The summed E-state index contributed by atoms with van der Waals surface area (Å²) in [6.07, 6.45) is 1.78. The second-order valence-electron chi connectivity index (χ2n) is 7.92. The van der Waals surface area contributed by atoms with Crippen LogP contribution in [0, 0.1) is 13.8 Å². The summed E-state index contributed by atoms with van der Waals surface area (Å²) in [6, 6.07) is 11.1. The van der Waals surface area contributed by atoms with Crippen LogP contribution in [0.15, 0.2) is 36.4 Å². The molecule has 3 rings (SSSR count). The Balaban J connectivity index is 1.61. The Labute approximate surface area is 184 Å². The van der Waals surface area contributed by atoms with Gasteiger partial charge in [-0.2, -0.15) is 0 Å². The van der Waals surface area contributed by atoms with Crippen molar-refractivity contribution in [3.63, 3.8) is 0 Å². The zero-order valence-corrected chi connectivity index (χ0v) is 19.3. The fraction of sp³-hybridized carbons (Fsp3) is 0.435. The van der Waals surface area contributed by atoms with E-state index in [1.165, 1.54) is 4.31 Å². The largest absolute Gasteiger partial charge is 0.486 e. The van der Waals surface area contributed by atoms with E-state index in [2.05, 4.69) is 11.4 Å². The van der Waals surface area contributed by atoms with Gasteiger partial charge in [-0.05, 0) is 50.5 Å². The molecular formula is C23H30N2O5S. The van der Waals surface area contributed by atoms with Crippen LogP contribution >= 0.6 is 0 Å². The molecule has 2 aromatic rings. The predicted molar refractivity (Wildman–Crippen MR) is 121 cm³/mol. The molecule has 0 spiro atoms. The first-order chi connectivity index (χ1) is 14.6. The molecule has 0 fully saturated rings. The fourth-order valence-corrected chi connectivity index (χ4v) is 4.63. The summed E-state index contributed by atoms with van der Waals surface area (Å²) >= 11 is 0. The lowest BCUT2D eigenvalue weighted by Gasteiger charge is -2.25. The number of ether oxygens (including phenoxy) is 2. The average Bonchev–Trinajstić information content (AvgIpc) is 2.71. The molecule has 1 amide bonds. The number of carbonyl (C=O) groups is 1. The van der Waals surface area contributed by atoms with E-state index in [0.717, 1.165) is 22.9 Å². The number of carbonyl (C=O) groups excluding carboxylic acids is 1. The smallest absolute Gasteiger partial charge is 0.232 e. The minimum atomic E-state index is -3.51. The molecule has 0 bridgehead atoms. The molecule has 1 aliphatic rings. The van der Waals surface area contributed by atoms with E-state index in [9.17, 15) is 13.2 Å². The molecule has 2 aromatic carbocycles. The molecule has 1 atom stereocenters. The van der Waals surface area contributed by atoms with Crippen LogP contribution in [0.1, 0.15) is 42.5 Å². The SMILES string of the molecule is Cc1ccc(C)c([C@H](C)NC(=O)CCCN(c2ccc3c(c2)OCCO3)S(C)(=O)=O)c1. The molecule has 1 N–H and O–H groups in total. The van der Waals surface area contributed by atoms with Crippen LogP contribution in [0.2, 0.25) is 0 Å². The van der Waals surface area contributed by atoms with Gasteiger partial charge in [0, 0.05) is 19.0 Å². The Morgan fingerprint density at radius 1 is 1.10 bits per heavy atom. The van der Waals surface area contributed by atoms with Crippen molar-refractivity contribution in [3.05, 3.63) is 53.1 Å². The number of amides is 1. The van der Waals surface area contributed by atoms with Gasteiger partial charge in [-0.15, -0.1) is 0 Å². The number of fused-ring (bicyclic) bond motifs is 1. The third kappa shape index (κ3) is 5.91. The summed E-state index contributed by atoms with van der Waals surface area (Å²) in [7, 11) is -3.51. The molecule has 0 aromatic heterocycles. The van der Waals surface area contributed by atoms with Crippen molar-refractivity contribution in [1.82, 2.24) is 5.32 Å².